The Kier molecular flexibility index (Phi) is 7.39. The van der Waals surface area contributed by atoms with Gasteiger partial charge in [-0.15, -0.1) is 11.6 Å². The molecule has 1 fully saturated rings. The van der Waals surface area contributed by atoms with E-state index in [4.69, 9.17) is 11.6 Å². The standard InChI is InChI=1S/C24H30ClN3O/c1-18(2)10-13-28(21-9-8-20(16-26)23(25)15-21)22-11-12-27(17-22)24(29)14-19-6-4-3-5-7-19/h3-9,15,18,20,22-23H,10-14,17H2,1-2H3. The van der Waals surface area contributed by atoms with Gasteiger partial charge in [0.2, 0.25) is 5.91 Å². The number of carbonyl (C=O) groups excluding carboxylic acids is 1. The fourth-order valence-electron chi connectivity index (χ4n) is 3.96. The first-order valence-corrected chi connectivity index (χ1v) is 10.9. The van der Waals surface area contributed by atoms with Crippen molar-refractivity contribution >= 4 is 17.5 Å². The lowest BCUT2D eigenvalue weighted by Crippen LogP contribution is -2.40. The second-order valence-electron chi connectivity index (χ2n) is 8.37. The van der Waals surface area contributed by atoms with Gasteiger partial charge in [-0.1, -0.05) is 50.3 Å². The molecule has 1 aromatic carbocycles. The number of rotatable bonds is 7. The number of alkyl halides is 1. The van der Waals surface area contributed by atoms with Crippen LogP contribution in [0.1, 0.15) is 32.3 Å². The molecule has 1 aliphatic heterocycles. The second kappa shape index (κ2) is 9.98. The number of allylic oxidation sites excluding steroid dienone is 3. The molecule has 3 rings (SSSR count). The number of nitrogens with zero attached hydrogens (tertiary/aromatic N) is 3. The van der Waals surface area contributed by atoms with Gasteiger partial charge in [-0.05, 0) is 36.5 Å². The molecule has 1 aromatic rings. The highest BCUT2D eigenvalue weighted by atomic mass is 35.5. The lowest BCUT2D eigenvalue weighted by molar-refractivity contribution is -0.129. The van der Waals surface area contributed by atoms with E-state index in [0.29, 0.717) is 12.3 Å². The molecule has 4 nitrogen and oxygen atoms in total. The summed E-state index contributed by atoms with van der Waals surface area (Å²) in [5, 5.41) is 8.91. The van der Waals surface area contributed by atoms with Crippen LogP contribution in [0.4, 0.5) is 0 Å². The zero-order valence-corrected chi connectivity index (χ0v) is 18.1. The normalized spacial score (nSPS) is 23.8. The van der Waals surface area contributed by atoms with E-state index >= 15 is 0 Å². The molecule has 0 aromatic heterocycles. The summed E-state index contributed by atoms with van der Waals surface area (Å²) in [6, 6.07) is 12.5. The van der Waals surface area contributed by atoms with Crippen LogP contribution in [0.2, 0.25) is 0 Å². The summed E-state index contributed by atoms with van der Waals surface area (Å²) in [4.78, 5) is 17.2. The summed E-state index contributed by atoms with van der Waals surface area (Å²) in [5.74, 6) is 0.511. The van der Waals surface area contributed by atoms with Crippen LogP contribution in [0.5, 0.6) is 0 Å². The van der Waals surface area contributed by atoms with E-state index in [1.54, 1.807) is 0 Å². The Bertz CT molecular complexity index is 796. The van der Waals surface area contributed by atoms with Gasteiger partial charge in [0.05, 0.1) is 23.8 Å². The molecule has 3 atom stereocenters. The van der Waals surface area contributed by atoms with E-state index < -0.39 is 0 Å². The van der Waals surface area contributed by atoms with Crippen LogP contribution in [0.25, 0.3) is 0 Å². The first-order chi connectivity index (χ1) is 14.0. The fourth-order valence-corrected chi connectivity index (χ4v) is 4.23. The number of benzene rings is 1. The molecule has 154 valence electrons. The van der Waals surface area contributed by atoms with E-state index in [2.05, 4.69) is 24.8 Å². The van der Waals surface area contributed by atoms with E-state index in [1.165, 1.54) is 0 Å². The molecule has 5 heteroatoms. The van der Waals surface area contributed by atoms with Gasteiger partial charge in [0.15, 0.2) is 0 Å². The van der Waals surface area contributed by atoms with Crippen LogP contribution in [-0.4, -0.2) is 46.8 Å². The van der Waals surface area contributed by atoms with Crippen LogP contribution < -0.4 is 0 Å². The van der Waals surface area contributed by atoms with Crippen molar-refractivity contribution in [2.75, 3.05) is 19.6 Å². The molecule has 0 bridgehead atoms. The van der Waals surface area contributed by atoms with Crippen molar-refractivity contribution in [2.24, 2.45) is 11.8 Å². The highest BCUT2D eigenvalue weighted by Crippen LogP contribution is 2.28. The van der Waals surface area contributed by atoms with Crippen molar-refractivity contribution in [3.63, 3.8) is 0 Å². The molecule has 29 heavy (non-hydrogen) atoms. The van der Waals surface area contributed by atoms with E-state index in [1.807, 2.05) is 53.5 Å². The lowest BCUT2D eigenvalue weighted by atomic mass is 9.98. The van der Waals surface area contributed by atoms with Crippen molar-refractivity contribution in [3.8, 4) is 6.07 Å². The molecule has 1 amide bonds. The molecule has 0 N–H and O–H groups in total. The predicted molar refractivity (Wildman–Crippen MR) is 117 cm³/mol. The maximum absolute atomic E-state index is 12.8. The summed E-state index contributed by atoms with van der Waals surface area (Å²) in [5.41, 5.74) is 2.14. The number of amides is 1. The second-order valence-corrected chi connectivity index (χ2v) is 8.87. The van der Waals surface area contributed by atoms with Gasteiger partial charge in [0.1, 0.15) is 0 Å². The minimum absolute atomic E-state index is 0.190. The molecule has 1 saturated heterocycles. The predicted octanol–water partition coefficient (Wildman–Crippen LogP) is 4.38. The third-order valence-corrected chi connectivity index (χ3v) is 6.13. The van der Waals surface area contributed by atoms with Crippen LogP contribution in [0, 0.1) is 23.2 Å². The quantitative estimate of drug-likeness (QED) is 0.625. The average Bonchev–Trinajstić information content (AvgIpc) is 3.19. The minimum Gasteiger partial charge on any atom is -0.367 e. The van der Waals surface area contributed by atoms with Crippen LogP contribution in [-0.2, 0) is 11.2 Å². The number of carbonyl (C=O) groups is 1. The minimum atomic E-state index is -0.307. The summed E-state index contributed by atoms with van der Waals surface area (Å²) >= 11 is 6.42. The topological polar surface area (TPSA) is 47.3 Å². The highest BCUT2D eigenvalue weighted by molar-refractivity contribution is 6.22. The summed E-state index contributed by atoms with van der Waals surface area (Å²) in [6.07, 6.45) is 8.43. The molecular formula is C24H30ClN3O. The maximum Gasteiger partial charge on any atom is 0.227 e. The van der Waals surface area contributed by atoms with Crippen LogP contribution >= 0.6 is 11.6 Å². The van der Waals surface area contributed by atoms with Gasteiger partial charge in [-0.25, -0.2) is 0 Å². The number of nitriles is 1. The van der Waals surface area contributed by atoms with Gasteiger partial charge in [-0.2, -0.15) is 5.26 Å². The SMILES string of the molecule is CC(C)CCN(C1=CC(Cl)C(C#N)C=C1)C1CCN(C(=O)Cc2ccccc2)C1. The zero-order valence-electron chi connectivity index (χ0n) is 17.3. The van der Waals surface area contributed by atoms with Crippen molar-refractivity contribution < 1.29 is 4.79 Å². The summed E-state index contributed by atoms with van der Waals surface area (Å²) in [7, 11) is 0. The van der Waals surface area contributed by atoms with Crippen molar-refractivity contribution in [3.05, 3.63) is 59.8 Å². The Morgan fingerprint density at radius 2 is 2.10 bits per heavy atom. The monoisotopic (exact) mass is 411 g/mol. The van der Waals surface area contributed by atoms with E-state index in [0.717, 1.165) is 43.7 Å². The summed E-state index contributed by atoms with van der Waals surface area (Å²) < 4.78 is 0. The van der Waals surface area contributed by atoms with Crippen molar-refractivity contribution in [2.45, 2.75) is 44.5 Å². The van der Waals surface area contributed by atoms with Gasteiger partial charge < -0.3 is 9.80 Å². The van der Waals surface area contributed by atoms with Gasteiger partial charge in [0, 0.05) is 31.4 Å². The van der Waals surface area contributed by atoms with Crippen molar-refractivity contribution in [1.82, 2.24) is 9.80 Å². The fraction of sp³-hybridized carbons (Fsp3) is 0.500. The maximum atomic E-state index is 12.8. The molecule has 1 heterocycles. The Hall–Kier alpha value is -2.25. The molecule has 2 aliphatic rings. The zero-order chi connectivity index (χ0) is 20.8. The summed E-state index contributed by atoms with van der Waals surface area (Å²) in [6.45, 7) is 6.91. The molecule has 1 aliphatic carbocycles. The van der Waals surface area contributed by atoms with Gasteiger partial charge >= 0.3 is 0 Å². The Labute approximate surface area is 179 Å². The first kappa shape index (κ1) is 21.5. The van der Waals surface area contributed by atoms with Gasteiger partial charge in [-0.3, -0.25) is 4.79 Å². The average molecular weight is 412 g/mol. The van der Waals surface area contributed by atoms with Crippen LogP contribution in [0.3, 0.4) is 0 Å². The molecule has 0 radical (unpaired) electrons. The number of hydrogen-bond acceptors (Lipinski definition) is 3. The lowest BCUT2D eigenvalue weighted by Gasteiger charge is -2.34. The number of hydrogen-bond donors (Lipinski definition) is 0. The molecule has 0 saturated carbocycles. The smallest absolute Gasteiger partial charge is 0.227 e. The number of likely N-dealkylation sites (tertiary alicyclic amines) is 1. The Balaban J connectivity index is 1.68. The third kappa shape index (κ3) is 5.64. The van der Waals surface area contributed by atoms with E-state index in [-0.39, 0.29) is 23.2 Å². The Morgan fingerprint density at radius 3 is 2.76 bits per heavy atom. The third-order valence-electron chi connectivity index (χ3n) is 5.73. The molecule has 3 unspecified atom stereocenters. The van der Waals surface area contributed by atoms with E-state index in [9.17, 15) is 10.1 Å². The Morgan fingerprint density at radius 1 is 1.34 bits per heavy atom. The largest absolute Gasteiger partial charge is 0.367 e. The first-order valence-electron chi connectivity index (χ1n) is 10.5. The highest BCUT2D eigenvalue weighted by Gasteiger charge is 2.32. The van der Waals surface area contributed by atoms with Crippen LogP contribution in [0.15, 0.2) is 54.3 Å². The van der Waals surface area contributed by atoms with Crippen molar-refractivity contribution in [1.29, 1.82) is 5.26 Å². The van der Waals surface area contributed by atoms with Gasteiger partial charge in [0.25, 0.3) is 0 Å². The molecule has 0 spiro atoms. The number of halogens is 1. The molecular weight excluding hydrogens is 382 g/mol.